The Kier molecular flexibility index (Phi) is 6.68. The molecule has 7 nitrogen and oxygen atoms in total. The zero-order chi connectivity index (χ0) is 17.4. The minimum atomic E-state index is -0.405. The van der Waals surface area contributed by atoms with Crippen molar-refractivity contribution >= 4 is 23.0 Å². The Bertz CT molecular complexity index is 697. The molecule has 0 aliphatic heterocycles. The summed E-state index contributed by atoms with van der Waals surface area (Å²) in [7, 11) is 0. The number of hydrogen-bond donors (Lipinski definition) is 2. The van der Waals surface area contributed by atoms with Crippen LogP contribution in [0.1, 0.15) is 29.3 Å². The van der Waals surface area contributed by atoms with Crippen LogP contribution in [0, 0.1) is 10.1 Å². The molecule has 1 aromatic heterocycles. The van der Waals surface area contributed by atoms with Crippen molar-refractivity contribution in [3.05, 3.63) is 56.0 Å². The Labute approximate surface area is 145 Å². The number of thiazole rings is 1. The van der Waals surface area contributed by atoms with Gasteiger partial charge in [-0.05, 0) is 18.9 Å². The van der Waals surface area contributed by atoms with E-state index >= 15 is 0 Å². The molecule has 0 unspecified atom stereocenters. The maximum Gasteiger partial charge on any atom is 0.269 e. The first kappa shape index (κ1) is 17.9. The third kappa shape index (κ3) is 5.31. The average Bonchev–Trinajstić information content (AvgIpc) is 3.06. The highest BCUT2D eigenvalue weighted by Crippen LogP contribution is 2.13. The molecule has 0 amide bonds. The van der Waals surface area contributed by atoms with Crippen LogP contribution in [-0.4, -0.2) is 22.4 Å². The number of aromatic nitrogens is 1. The number of benzene rings is 1. The Morgan fingerprint density at radius 3 is 2.62 bits per heavy atom. The second-order valence-corrected chi connectivity index (χ2v) is 6.25. The summed E-state index contributed by atoms with van der Waals surface area (Å²) in [5, 5.41) is 18.1. The monoisotopic (exact) mass is 347 g/mol. The lowest BCUT2D eigenvalue weighted by Crippen LogP contribution is -2.36. The van der Waals surface area contributed by atoms with E-state index in [-0.39, 0.29) is 5.69 Å². The first-order chi connectivity index (χ1) is 11.6. The van der Waals surface area contributed by atoms with Gasteiger partial charge in [0.25, 0.3) is 5.69 Å². The van der Waals surface area contributed by atoms with Crippen molar-refractivity contribution in [1.82, 2.24) is 15.6 Å². The maximum atomic E-state index is 10.7. The summed E-state index contributed by atoms with van der Waals surface area (Å²) in [5.74, 6) is 0.698. The van der Waals surface area contributed by atoms with Crippen LogP contribution in [0.15, 0.2) is 35.5 Å². The first-order valence-corrected chi connectivity index (χ1v) is 8.63. The summed E-state index contributed by atoms with van der Waals surface area (Å²) < 4.78 is 0. The molecule has 1 aromatic carbocycles. The average molecular weight is 347 g/mol. The second-order valence-electron chi connectivity index (χ2n) is 5.05. The number of nitro benzene ring substituents is 1. The fraction of sp³-hybridized carbons (Fsp3) is 0.375. The molecule has 0 aliphatic rings. The largest absolute Gasteiger partial charge is 0.357 e. The SMILES string of the molecule is CCNC(=NCc1ccc([N+](=O)[O-])cc1)NCc1ncc(CC)s1. The van der Waals surface area contributed by atoms with Gasteiger partial charge in [0.1, 0.15) is 5.01 Å². The van der Waals surface area contributed by atoms with Crippen molar-refractivity contribution in [3.8, 4) is 0 Å². The van der Waals surface area contributed by atoms with E-state index in [1.54, 1.807) is 23.5 Å². The van der Waals surface area contributed by atoms with Crippen LogP contribution >= 0.6 is 11.3 Å². The van der Waals surface area contributed by atoms with Crippen LogP contribution in [-0.2, 0) is 19.5 Å². The van der Waals surface area contributed by atoms with Gasteiger partial charge in [-0.1, -0.05) is 19.1 Å². The Morgan fingerprint density at radius 1 is 1.29 bits per heavy atom. The predicted octanol–water partition coefficient (Wildman–Crippen LogP) is 2.87. The molecule has 0 radical (unpaired) electrons. The number of aliphatic imine (C=N–C) groups is 1. The highest BCUT2D eigenvalue weighted by Gasteiger charge is 2.05. The van der Waals surface area contributed by atoms with Gasteiger partial charge in [0.05, 0.1) is 18.0 Å². The van der Waals surface area contributed by atoms with Gasteiger partial charge < -0.3 is 10.6 Å². The molecule has 0 aliphatic carbocycles. The number of aryl methyl sites for hydroxylation is 1. The molecule has 0 atom stereocenters. The number of nitrogens with one attached hydrogen (secondary N) is 2. The highest BCUT2D eigenvalue weighted by molar-refractivity contribution is 7.11. The van der Waals surface area contributed by atoms with Crippen molar-refractivity contribution < 1.29 is 4.92 Å². The van der Waals surface area contributed by atoms with Gasteiger partial charge >= 0.3 is 0 Å². The lowest BCUT2D eigenvalue weighted by molar-refractivity contribution is -0.384. The number of nitrogens with zero attached hydrogens (tertiary/aromatic N) is 3. The lowest BCUT2D eigenvalue weighted by Gasteiger charge is -2.10. The zero-order valence-electron chi connectivity index (χ0n) is 13.8. The smallest absolute Gasteiger partial charge is 0.269 e. The summed E-state index contributed by atoms with van der Waals surface area (Å²) in [4.78, 5) is 20.4. The summed E-state index contributed by atoms with van der Waals surface area (Å²) in [6.45, 7) is 5.94. The van der Waals surface area contributed by atoms with E-state index in [2.05, 4.69) is 27.5 Å². The molecular weight excluding hydrogens is 326 g/mol. The fourth-order valence-electron chi connectivity index (χ4n) is 1.99. The summed E-state index contributed by atoms with van der Waals surface area (Å²) in [5.41, 5.74) is 1.00. The standard InChI is InChI=1S/C16H21N5O2S/c1-3-14-10-18-15(24-14)11-20-16(17-4-2)19-9-12-5-7-13(8-6-12)21(22)23/h5-8,10H,3-4,9,11H2,1-2H3,(H2,17,19,20). The minimum absolute atomic E-state index is 0.0864. The van der Waals surface area contributed by atoms with E-state index < -0.39 is 4.92 Å². The van der Waals surface area contributed by atoms with Crippen LogP contribution in [0.25, 0.3) is 0 Å². The molecule has 128 valence electrons. The minimum Gasteiger partial charge on any atom is -0.357 e. The molecule has 8 heteroatoms. The Morgan fingerprint density at radius 2 is 2.04 bits per heavy atom. The lowest BCUT2D eigenvalue weighted by atomic mass is 10.2. The number of nitro groups is 1. The number of non-ortho nitro benzene ring substituents is 1. The van der Waals surface area contributed by atoms with Gasteiger partial charge in [0.2, 0.25) is 0 Å². The molecule has 2 aromatic rings. The quantitative estimate of drug-likeness (QED) is 0.348. The normalized spacial score (nSPS) is 11.3. The maximum absolute atomic E-state index is 10.7. The van der Waals surface area contributed by atoms with Crippen LogP contribution in [0.3, 0.4) is 0 Å². The fourth-order valence-corrected chi connectivity index (χ4v) is 2.79. The summed E-state index contributed by atoms with van der Waals surface area (Å²) in [6.07, 6.45) is 2.90. The molecular formula is C16H21N5O2S. The summed E-state index contributed by atoms with van der Waals surface area (Å²) >= 11 is 1.69. The predicted molar refractivity (Wildman–Crippen MR) is 96.2 cm³/mol. The number of guanidine groups is 1. The van der Waals surface area contributed by atoms with Gasteiger partial charge in [-0.25, -0.2) is 9.98 Å². The third-order valence-electron chi connectivity index (χ3n) is 3.27. The van der Waals surface area contributed by atoms with Gasteiger partial charge in [-0.2, -0.15) is 0 Å². The van der Waals surface area contributed by atoms with Crippen molar-refractivity contribution in [2.45, 2.75) is 33.4 Å². The molecule has 1 heterocycles. The molecule has 24 heavy (non-hydrogen) atoms. The molecule has 2 N–H and O–H groups in total. The van der Waals surface area contributed by atoms with Gasteiger partial charge in [-0.3, -0.25) is 10.1 Å². The first-order valence-electron chi connectivity index (χ1n) is 7.81. The molecule has 0 bridgehead atoms. The third-order valence-corrected chi connectivity index (χ3v) is 4.41. The zero-order valence-corrected chi connectivity index (χ0v) is 14.6. The van der Waals surface area contributed by atoms with Crippen LogP contribution in [0.4, 0.5) is 5.69 Å². The van der Waals surface area contributed by atoms with Crippen LogP contribution in [0.5, 0.6) is 0 Å². The molecule has 0 saturated heterocycles. The van der Waals surface area contributed by atoms with E-state index in [0.717, 1.165) is 23.5 Å². The van der Waals surface area contributed by atoms with E-state index in [4.69, 9.17) is 0 Å². The summed E-state index contributed by atoms with van der Waals surface area (Å²) in [6, 6.07) is 6.43. The van der Waals surface area contributed by atoms with Crippen molar-refractivity contribution in [2.24, 2.45) is 4.99 Å². The van der Waals surface area contributed by atoms with E-state index in [9.17, 15) is 10.1 Å². The Hall–Kier alpha value is -2.48. The van der Waals surface area contributed by atoms with Crippen molar-refractivity contribution in [3.63, 3.8) is 0 Å². The highest BCUT2D eigenvalue weighted by atomic mass is 32.1. The van der Waals surface area contributed by atoms with E-state index in [1.807, 2.05) is 13.1 Å². The molecule has 2 rings (SSSR count). The van der Waals surface area contributed by atoms with Crippen molar-refractivity contribution in [1.29, 1.82) is 0 Å². The van der Waals surface area contributed by atoms with Gasteiger partial charge in [0, 0.05) is 29.8 Å². The molecule has 0 saturated carbocycles. The van der Waals surface area contributed by atoms with Gasteiger partial charge in [-0.15, -0.1) is 11.3 Å². The van der Waals surface area contributed by atoms with Crippen LogP contribution < -0.4 is 10.6 Å². The van der Waals surface area contributed by atoms with Gasteiger partial charge in [0.15, 0.2) is 5.96 Å². The topological polar surface area (TPSA) is 92.5 Å². The number of hydrogen-bond acceptors (Lipinski definition) is 5. The van der Waals surface area contributed by atoms with E-state index in [0.29, 0.717) is 19.0 Å². The van der Waals surface area contributed by atoms with Crippen molar-refractivity contribution in [2.75, 3.05) is 6.54 Å². The molecule has 0 fully saturated rings. The molecule has 0 spiro atoms. The Balaban J connectivity index is 1.95. The van der Waals surface area contributed by atoms with Crippen LogP contribution in [0.2, 0.25) is 0 Å². The second kappa shape index (κ2) is 8.97. The van der Waals surface area contributed by atoms with E-state index in [1.165, 1.54) is 17.0 Å². The number of rotatable bonds is 7.